The topological polar surface area (TPSA) is 92.5 Å². The average molecular weight is 148 g/mol. The highest BCUT2D eigenvalue weighted by Gasteiger charge is 2.26. The highest BCUT2D eigenvalue weighted by molar-refractivity contribution is 4.81. The number of hydrogen-bond acceptors (Lipinski definition) is 4. The van der Waals surface area contributed by atoms with Crippen LogP contribution in [0, 0.1) is 0 Å². The molecule has 0 aromatic carbocycles. The molecule has 62 valence electrons. The second-order valence-electron chi connectivity index (χ2n) is 2.46. The third kappa shape index (κ3) is 2.62. The van der Waals surface area contributed by atoms with Gasteiger partial charge in [-0.3, -0.25) is 0 Å². The molecule has 0 aliphatic heterocycles. The molecule has 0 aliphatic carbocycles. The van der Waals surface area contributed by atoms with Gasteiger partial charge in [-0.25, -0.2) is 0 Å². The summed E-state index contributed by atoms with van der Waals surface area (Å²) in [5.41, 5.74) is 9.47. The first-order chi connectivity index (χ1) is 4.54. The Labute approximate surface area is 60.8 Å². The van der Waals surface area contributed by atoms with E-state index in [9.17, 15) is 5.11 Å². The minimum absolute atomic E-state index is 0.0410. The molecule has 4 nitrogen and oxygen atoms in total. The molecule has 2 unspecified atom stereocenters. The van der Waals surface area contributed by atoms with Crippen LogP contribution in [0.4, 0.5) is 0 Å². The smallest absolute Gasteiger partial charge is 0.128 e. The van der Waals surface area contributed by atoms with Crippen molar-refractivity contribution in [3.05, 3.63) is 0 Å². The fourth-order valence-corrected chi connectivity index (χ4v) is 0.651. The van der Waals surface area contributed by atoms with E-state index in [1.165, 1.54) is 0 Å². The molecule has 0 spiro atoms. The van der Waals surface area contributed by atoms with E-state index in [1.54, 1.807) is 6.92 Å². The van der Waals surface area contributed by atoms with Crippen LogP contribution in [-0.2, 0) is 0 Å². The Hall–Kier alpha value is -0.160. The highest BCUT2D eigenvalue weighted by atomic mass is 16.3. The van der Waals surface area contributed by atoms with Crippen LogP contribution in [0.1, 0.15) is 19.8 Å². The van der Waals surface area contributed by atoms with Gasteiger partial charge in [0.2, 0.25) is 0 Å². The lowest BCUT2D eigenvalue weighted by Crippen LogP contribution is -2.55. The van der Waals surface area contributed by atoms with Gasteiger partial charge in [0.25, 0.3) is 0 Å². The Morgan fingerprint density at radius 3 is 2.40 bits per heavy atom. The summed E-state index contributed by atoms with van der Waals surface area (Å²) in [7, 11) is 0. The molecule has 4 heteroatoms. The Kier molecular flexibility index (Phi) is 3.81. The predicted molar refractivity (Wildman–Crippen MR) is 39.1 cm³/mol. The van der Waals surface area contributed by atoms with E-state index in [2.05, 4.69) is 0 Å². The standard InChI is InChI=1S/C6H16N2O2/c1-2-6(8,10)5(7)3-4-9/h5,9-10H,2-4,7-8H2,1H3. The molecule has 0 fully saturated rings. The number of nitrogens with two attached hydrogens (primary N) is 2. The van der Waals surface area contributed by atoms with Crippen molar-refractivity contribution in [2.75, 3.05) is 6.61 Å². The molecule has 0 aromatic rings. The third-order valence-corrected chi connectivity index (χ3v) is 1.65. The van der Waals surface area contributed by atoms with Crippen LogP contribution >= 0.6 is 0 Å². The summed E-state index contributed by atoms with van der Waals surface area (Å²) in [6.07, 6.45) is 0.731. The molecule has 0 amide bonds. The molecule has 0 bridgehead atoms. The molecule has 0 heterocycles. The van der Waals surface area contributed by atoms with Crippen LogP contribution in [0.5, 0.6) is 0 Å². The maximum Gasteiger partial charge on any atom is 0.128 e. The maximum absolute atomic E-state index is 9.26. The van der Waals surface area contributed by atoms with Crippen molar-refractivity contribution in [1.82, 2.24) is 0 Å². The fourth-order valence-electron chi connectivity index (χ4n) is 0.651. The lowest BCUT2D eigenvalue weighted by Gasteiger charge is -2.27. The van der Waals surface area contributed by atoms with Crippen LogP contribution in [0.2, 0.25) is 0 Å². The zero-order chi connectivity index (χ0) is 8.20. The van der Waals surface area contributed by atoms with Crippen LogP contribution in [0.3, 0.4) is 0 Å². The molecule has 0 saturated carbocycles. The van der Waals surface area contributed by atoms with Crippen LogP contribution < -0.4 is 11.5 Å². The average Bonchev–Trinajstić information content (AvgIpc) is 1.89. The van der Waals surface area contributed by atoms with Gasteiger partial charge in [-0.2, -0.15) is 0 Å². The van der Waals surface area contributed by atoms with Crippen molar-refractivity contribution in [2.24, 2.45) is 11.5 Å². The number of hydrogen-bond donors (Lipinski definition) is 4. The SMILES string of the molecule is CCC(N)(O)C(N)CCO. The monoisotopic (exact) mass is 148 g/mol. The molecule has 0 rings (SSSR count). The van der Waals surface area contributed by atoms with E-state index >= 15 is 0 Å². The van der Waals surface area contributed by atoms with Gasteiger partial charge in [0.1, 0.15) is 5.72 Å². The highest BCUT2D eigenvalue weighted by Crippen LogP contribution is 2.07. The van der Waals surface area contributed by atoms with Gasteiger partial charge < -0.3 is 21.7 Å². The third-order valence-electron chi connectivity index (χ3n) is 1.65. The minimum Gasteiger partial charge on any atom is -0.396 e. The first-order valence-corrected chi connectivity index (χ1v) is 3.42. The van der Waals surface area contributed by atoms with Gasteiger partial charge in [-0.15, -0.1) is 0 Å². The first kappa shape index (κ1) is 9.84. The summed E-state index contributed by atoms with van der Waals surface area (Å²) >= 11 is 0. The largest absolute Gasteiger partial charge is 0.396 e. The van der Waals surface area contributed by atoms with E-state index in [0.717, 1.165) is 0 Å². The molecule has 0 saturated heterocycles. The summed E-state index contributed by atoms with van der Waals surface area (Å²) in [6.45, 7) is 1.71. The Morgan fingerprint density at radius 1 is 1.60 bits per heavy atom. The van der Waals surface area contributed by atoms with E-state index in [4.69, 9.17) is 16.6 Å². The second kappa shape index (κ2) is 3.88. The summed E-state index contributed by atoms with van der Waals surface area (Å²) in [6, 6.07) is -0.539. The van der Waals surface area contributed by atoms with Crippen molar-refractivity contribution in [2.45, 2.75) is 31.5 Å². The van der Waals surface area contributed by atoms with Crippen LogP contribution in [0.25, 0.3) is 0 Å². The van der Waals surface area contributed by atoms with E-state index < -0.39 is 11.8 Å². The zero-order valence-electron chi connectivity index (χ0n) is 6.25. The maximum atomic E-state index is 9.26. The van der Waals surface area contributed by atoms with E-state index in [-0.39, 0.29) is 6.61 Å². The summed E-state index contributed by atoms with van der Waals surface area (Å²) < 4.78 is 0. The van der Waals surface area contributed by atoms with E-state index in [0.29, 0.717) is 12.8 Å². The Bertz CT molecular complexity index is 95.7. The van der Waals surface area contributed by atoms with Crippen molar-refractivity contribution in [3.8, 4) is 0 Å². The summed E-state index contributed by atoms with van der Waals surface area (Å²) in [5.74, 6) is 0. The number of aliphatic hydroxyl groups excluding tert-OH is 1. The molecule has 0 radical (unpaired) electrons. The first-order valence-electron chi connectivity index (χ1n) is 3.42. The lowest BCUT2D eigenvalue weighted by atomic mass is 10.0. The summed E-state index contributed by atoms with van der Waals surface area (Å²) in [4.78, 5) is 0. The normalized spacial score (nSPS) is 20.1. The molecule has 0 aromatic heterocycles. The Balaban J connectivity index is 3.78. The van der Waals surface area contributed by atoms with Crippen molar-refractivity contribution in [3.63, 3.8) is 0 Å². The lowest BCUT2D eigenvalue weighted by molar-refractivity contribution is 0.00896. The van der Waals surface area contributed by atoms with Crippen molar-refractivity contribution in [1.29, 1.82) is 0 Å². The quantitative estimate of drug-likeness (QED) is 0.375. The van der Waals surface area contributed by atoms with Gasteiger partial charge in [0.15, 0.2) is 0 Å². The van der Waals surface area contributed by atoms with Gasteiger partial charge >= 0.3 is 0 Å². The van der Waals surface area contributed by atoms with Gasteiger partial charge in [-0.1, -0.05) is 6.92 Å². The fraction of sp³-hybridized carbons (Fsp3) is 1.00. The Morgan fingerprint density at radius 2 is 2.10 bits per heavy atom. The second-order valence-corrected chi connectivity index (χ2v) is 2.46. The van der Waals surface area contributed by atoms with E-state index in [1.807, 2.05) is 0 Å². The van der Waals surface area contributed by atoms with Gasteiger partial charge in [0, 0.05) is 12.6 Å². The number of aliphatic hydroxyl groups is 2. The molecule has 10 heavy (non-hydrogen) atoms. The molecule has 6 N–H and O–H groups in total. The molecular formula is C6H16N2O2. The van der Waals surface area contributed by atoms with Crippen LogP contribution in [0.15, 0.2) is 0 Å². The molecule has 2 atom stereocenters. The zero-order valence-corrected chi connectivity index (χ0v) is 6.25. The molecule has 0 aliphatic rings. The van der Waals surface area contributed by atoms with Crippen LogP contribution in [-0.4, -0.2) is 28.6 Å². The predicted octanol–water partition coefficient (Wildman–Crippen LogP) is -1.25. The van der Waals surface area contributed by atoms with Crippen molar-refractivity contribution < 1.29 is 10.2 Å². The van der Waals surface area contributed by atoms with Crippen molar-refractivity contribution >= 4 is 0 Å². The molecular weight excluding hydrogens is 132 g/mol. The summed E-state index contributed by atoms with van der Waals surface area (Å²) in [5, 5.41) is 17.7. The minimum atomic E-state index is -1.33. The van der Waals surface area contributed by atoms with Gasteiger partial charge in [0.05, 0.1) is 0 Å². The van der Waals surface area contributed by atoms with Gasteiger partial charge in [-0.05, 0) is 12.8 Å². The number of rotatable bonds is 4.